The van der Waals surface area contributed by atoms with Crippen LogP contribution in [0.1, 0.15) is 29.7 Å². The Labute approximate surface area is 182 Å². The molecule has 1 amide bonds. The van der Waals surface area contributed by atoms with Crippen LogP contribution in [-0.4, -0.2) is 20.9 Å². The van der Waals surface area contributed by atoms with Gasteiger partial charge in [-0.3, -0.25) is 9.10 Å². The van der Waals surface area contributed by atoms with Gasteiger partial charge in [0.05, 0.1) is 16.6 Å². The molecular weight excluding hydrogens is 415 g/mol. The van der Waals surface area contributed by atoms with E-state index in [4.69, 9.17) is 0 Å². The molecule has 0 aromatic heterocycles. The van der Waals surface area contributed by atoms with Crippen molar-refractivity contribution in [3.63, 3.8) is 0 Å². The fourth-order valence-corrected chi connectivity index (χ4v) is 4.87. The van der Waals surface area contributed by atoms with Crippen LogP contribution in [0.3, 0.4) is 0 Å². The van der Waals surface area contributed by atoms with Crippen molar-refractivity contribution in [3.05, 3.63) is 95.3 Å². The maximum Gasteiger partial charge on any atom is 0.264 e. The van der Waals surface area contributed by atoms with Crippen molar-refractivity contribution in [2.75, 3.05) is 10.8 Å². The number of halogens is 1. The van der Waals surface area contributed by atoms with Gasteiger partial charge in [-0.05, 0) is 68.3 Å². The van der Waals surface area contributed by atoms with E-state index in [2.05, 4.69) is 5.32 Å². The minimum Gasteiger partial charge on any atom is -0.348 e. The van der Waals surface area contributed by atoms with E-state index in [0.717, 1.165) is 33.1 Å². The Kier molecular flexibility index (Phi) is 6.75. The Hall–Kier alpha value is -3.19. The quantitative estimate of drug-likeness (QED) is 0.588. The highest BCUT2D eigenvalue weighted by molar-refractivity contribution is 7.92. The number of hydrogen-bond donors (Lipinski definition) is 1. The van der Waals surface area contributed by atoms with Gasteiger partial charge >= 0.3 is 0 Å². The zero-order valence-electron chi connectivity index (χ0n) is 17.7. The summed E-state index contributed by atoms with van der Waals surface area (Å²) in [4.78, 5) is 12.8. The van der Waals surface area contributed by atoms with Crippen molar-refractivity contribution in [2.24, 2.45) is 0 Å². The molecule has 5 nitrogen and oxygen atoms in total. The zero-order chi connectivity index (χ0) is 22.6. The molecule has 7 heteroatoms. The summed E-state index contributed by atoms with van der Waals surface area (Å²) < 4.78 is 40.8. The molecule has 1 N–H and O–H groups in total. The first-order valence-corrected chi connectivity index (χ1v) is 11.3. The zero-order valence-corrected chi connectivity index (χ0v) is 18.5. The molecule has 0 aliphatic rings. The summed E-state index contributed by atoms with van der Waals surface area (Å²) in [5, 5.41) is 2.88. The third kappa shape index (κ3) is 5.30. The maximum atomic E-state index is 13.3. The van der Waals surface area contributed by atoms with Crippen LogP contribution in [0.25, 0.3) is 0 Å². The molecule has 0 aliphatic heterocycles. The summed E-state index contributed by atoms with van der Waals surface area (Å²) in [6.45, 7) is 5.42. The van der Waals surface area contributed by atoms with Crippen molar-refractivity contribution in [1.82, 2.24) is 5.32 Å². The van der Waals surface area contributed by atoms with Crippen LogP contribution < -0.4 is 9.62 Å². The number of para-hydroxylation sites is 1. The molecule has 3 rings (SSSR count). The number of benzene rings is 3. The Bertz CT molecular complexity index is 1160. The van der Waals surface area contributed by atoms with Crippen LogP contribution >= 0.6 is 0 Å². The second kappa shape index (κ2) is 9.31. The Morgan fingerprint density at radius 2 is 1.65 bits per heavy atom. The summed E-state index contributed by atoms with van der Waals surface area (Å²) in [5.41, 5.74) is 3.49. The van der Waals surface area contributed by atoms with E-state index in [1.54, 1.807) is 30.3 Å². The molecule has 31 heavy (non-hydrogen) atoms. The molecule has 3 aromatic rings. The number of sulfonamides is 1. The van der Waals surface area contributed by atoms with E-state index in [-0.39, 0.29) is 10.9 Å². The number of hydrogen-bond acceptors (Lipinski definition) is 3. The van der Waals surface area contributed by atoms with Gasteiger partial charge in [-0.2, -0.15) is 0 Å². The van der Waals surface area contributed by atoms with E-state index in [1.807, 2.05) is 39.0 Å². The van der Waals surface area contributed by atoms with Crippen LogP contribution in [0.15, 0.2) is 77.7 Å². The molecule has 162 valence electrons. The molecule has 0 aliphatic carbocycles. The molecule has 0 unspecified atom stereocenters. The second-order valence-electron chi connectivity index (χ2n) is 7.45. The second-order valence-corrected chi connectivity index (χ2v) is 9.31. The third-order valence-corrected chi connectivity index (χ3v) is 6.79. The standard InChI is InChI=1S/C24H25FN2O3S/c1-17-9-14-23(18(2)15-17)19(3)26-24(28)16-27(21-7-5-4-6-8-21)31(29,30)22-12-10-20(25)11-13-22/h4-15,19H,16H2,1-3H3,(H,26,28)/t19-/m1/s1. The number of nitrogens with zero attached hydrogens (tertiary/aromatic N) is 1. The Morgan fingerprint density at radius 1 is 1.00 bits per heavy atom. The first-order valence-electron chi connectivity index (χ1n) is 9.88. The average molecular weight is 441 g/mol. The van der Waals surface area contributed by atoms with E-state index in [9.17, 15) is 17.6 Å². The lowest BCUT2D eigenvalue weighted by molar-refractivity contribution is -0.120. The molecule has 1 atom stereocenters. The van der Waals surface area contributed by atoms with E-state index >= 15 is 0 Å². The summed E-state index contributed by atoms with van der Waals surface area (Å²) in [6.07, 6.45) is 0. The van der Waals surface area contributed by atoms with Gasteiger partial charge in [0.15, 0.2) is 0 Å². The Balaban J connectivity index is 1.87. The molecule has 3 aromatic carbocycles. The van der Waals surface area contributed by atoms with Gasteiger partial charge in [0, 0.05) is 0 Å². The molecule has 0 radical (unpaired) electrons. The number of aryl methyl sites for hydroxylation is 2. The van der Waals surface area contributed by atoms with Crippen molar-refractivity contribution >= 4 is 21.6 Å². The number of rotatable bonds is 7. The van der Waals surface area contributed by atoms with E-state index in [1.165, 1.54) is 12.1 Å². The summed E-state index contributed by atoms with van der Waals surface area (Å²) >= 11 is 0. The molecule has 0 saturated heterocycles. The van der Waals surface area contributed by atoms with Gasteiger partial charge in [0.1, 0.15) is 12.4 Å². The molecule has 0 spiro atoms. The number of nitrogens with one attached hydrogen (secondary N) is 1. The molecule has 0 heterocycles. The lowest BCUT2D eigenvalue weighted by Gasteiger charge is -2.25. The van der Waals surface area contributed by atoms with Gasteiger partial charge in [-0.1, -0.05) is 42.0 Å². The SMILES string of the molecule is Cc1ccc([C@@H](C)NC(=O)CN(c2ccccc2)S(=O)(=O)c2ccc(F)cc2)c(C)c1. The fraction of sp³-hybridized carbons (Fsp3) is 0.208. The highest BCUT2D eigenvalue weighted by Crippen LogP contribution is 2.24. The van der Waals surface area contributed by atoms with Crippen LogP contribution in [-0.2, 0) is 14.8 Å². The highest BCUT2D eigenvalue weighted by Gasteiger charge is 2.27. The van der Waals surface area contributed by atoms with Crippen LogP contribution in [0.5, 0.6) is 0 Å². The third-order valence-electron chi connectivity index (χ3n) is 5.00. The van der Waals surface area contributed by atoms with Crippen molar-refractivity contribution < 1.29 is 17.6 Å². The lowest BCUT2D eigenvalue weighted by Crippen LogP contribution is -2.41. The highest BCUT2D eigenvalue weighted by atomic mass is 32.2. The number of carbonyl (C=O) groups excluding carboxylic acids is 1. The van der Waals surface area contributed by atoms with Gasteiger partial charge in [0.25, 0.3) is 10.0 Å². The largest absolute Gasteiger partial charge is 0.348 e. The fourth-order valence-electron chi connectivity index (χ4n) is 3.45. The summed E-state index contributed by atoms with van der Waals surface area (Å²) in [5.74, 6) is -0.979. The van der Waals surface area contributed by atoms with Crippen LogP contribution in [0.4, 0.5) is 10.1 Å². The molecule has 0 fully saturated rings. The normalized spacial score (nSPS) is 12.3. The smallest absolute Gasteiger partial charge is 0.264 e. The number of carbonyl (C=O) groups is 1. The van der Waals surface area contributed by atoms with Gasteiger partial charge in [-0.15, -0.1) is 0 Å². The summed E-state index contributed by atoms with van der Waals surface area (Å²) in [6, 6.07) is 18.6. The first kappa shape index (κ1) is 22.5. The predicted molar refractivity (Wildman–Crippen MR) is 120 cm³/mol. The van der Waals surface area contributed by atoms with Gasteiger partial charge in [0.2, 0.25) is 5.91 Å². The van der Waals surface area contributed by atoms with Gasteiger partial charge < -0.3 is 5.32 Å². The predicted octanol–water partition coefficient (Wildman–Crippen LogP) is 4.52. The molecule has 0 saturated carbocycles. The van der Waals surface area contributed by atoms with E-state index < -0.39 is 28.3 Å². The lowest BCUT2D eigenvalue weighted by atomic mass is 10.0. The number of amides is 1. The molecular formula is C24H25FN2O3S. The average Bonchev–Trinajstić information content (AvgIpc) is 2.72. The maximum absolute atomic E-state index is 13.3. The monoisotopic (exact) mass is 440 g/mol. The van der Waals surface area contributed by atoms with E-state index in [0.29, 0.717) is 5.69 Å². The first-order chi connectivity index (χ1) is 14.7. The number of anilines is 1. The molecule has 0 bridgehead atoms. The minimum atomic E-state index is -4.07. The van der Waals surface area contributed by atoms with Crippen molar-refractivity contribution in [3.8, 4) is 0 Å². The van der Waals surface area contributed by atoms with Crippen molar-refractivity contribution in [1.29, 1.82) is 0 Å². The van der Waals surface area contributed by atoms with Gasteiger partial charge in [-0.25, -0.2) is 12.8 Å². The minimum absolute atomic E-state index is 0.0898. The topological polar surface area (TPSA) is 66.5 Å². The Morgan fingerprint density at radius 3 is 2.26 bits per heavy atom. The van der Waals surface area contributed by atoms with Crippen molar-refractivity contribution in [2.45, 2.75) is 31.7 Å². The van der Waals surface area contributed by atoms with Crippen LogP contribution in [0.2, 0.25) is 0 Å². The summed E-state index contributed by atoms with van der Waals surface area (Å²) in [7, 11) is -4.07. The van der Waals surface area contributed by atoms with Crippen LogP contribution in [0, 0.1) is 19.7 Å².